The molecule has 0 bridgehead atoms. The molecule has 10 heteroatoms. The largest absolute Gasteiger partial charge is 0.355 e. The van der Waals surface area contributed by atoms with Crippen molar-refractivity contribution in [1.29, 1.82) is 0 Å². The van der Waals surface area contributed by atoms with E-state index in [0.29, 0.717) is 12.5 Å². The summed E-state index contributed by atoms with van der Waals surface area (Å²) in [5, 5.41) is 13.8. The number of rotatable bonds is 10. The maximum atomic E-state index is 12.2. The predicted octanol–water partition coefficient (Wildman–Crippen LogP) is 1.35. The smallest absolute Gasteiger partial charge is 0.270 e. The Kier molecular flexibility index (Phi) is 8.73. The molecule has 0 saturated carbocycles. The lowest BCUT2D eigenvalue weighted by atomic mass is 10.3. The van der Waals surface area contributed by atoms with Crippen molar-refractivity contribution >= 4 is 21.7 Å². The van der Waals surface area contributed by atoms with Crippen LogP contribution in [0.25, 0.3) is 0 Å². The SMILES string of the molecule is C=CCCCN(C)C(=NC)NCCNS(=O)(=O)c1cccc([N+](=O)[O-])c1. The van der Waals surface area contributed by atoms with Gasteiger partial charge in [0.15, 0.2) is 5.96 Å². The molecule has 0 aliphatic rings. The van der Waals surface area contributed by atoms with Crippen LogP contribution >= 0.6 is 0 Å². The number of non-ortho nitro benzene ring substituents is 1. The van der Waals surface area contributed by atoms with Crippen LogP contribution in [0.2, 0.25) is 0 Å². The van der Waals surface area contributed by atoms with Crippen LogP contribution in [0.1, 0.15) is 12.8 Å². The fourth-order valence-electron chi connectivity index (χ4n) is 2.17. The van der Waals surface area contributed by atoms with Gasteiger partial charge in [0.25, 0.3) is 5.69 Å². The number of allylic oxidation sites excluding steroid dienone is 1. The van der Waals surface area contributed by atoms with Crippen molar-refractivity contribution in [3.63, 3.8) is 0 Å². The van der Waals surface area contributed by atoms with Crippen LogP contribution in [0.4, 0.5) is 5.69 Å². The number of nitrogens with zero attached hydrogens (tertiary/aromatic N) is 3. The van der Waals surface area contributed by atoms with E-state index in [-0.39, 0.29) is 17.1 Å². The zero-order chi connectivity index (χ0) is 19.6. The first kappa shape index (κ1) is 21.6. The topological polar surface area (TPSA) is 117 Å². The van der Waals surface area contributed by atoms with Crippen LogP contribution in [0.15, 0.2) is 46.8 Å². The number of aliphatic imine (C=N–C) groups is 1. The summed E-state index contributed by atoms with van der Waals surface area (Å²) < 4.78 is 26.8. The Labute approximate surface area is 154 Å². The second kappa shape index (κ2) is 10.5. The molecule has 0 fully saturated rings. The van der Waals surface area contributed by atoms with Gasteiger partial charge in [0.1, 0.15) is 0 Å². The third-order valence-corrected chi connectivity index (χ3v) is 4.97. The van der Waals surface area contributed by atoms with Gasteiger partial charge in [0, 0.05) is 45.9 Å². The highest BCUT2D eigenvalue weighted by Gasteiger charge is 2.17. The Bertz CT molecular complexity index is 749. The van der Waals surface area contributed by atoms with Crippen molar-refractivity contribution in [2.45, 2.75) is 17.7 Å². The summed E-state index contributed by atoms with van der Waals surface area (Å²) in [6.07, 6.45) is 3.71. The Balaban J connectivity index is 2.54. The summed E-state index contributed by atoms with van der Waals surface area (Å²) in [6.45, 7) is 4.92. The molecule has 0 spiro atoms. The average molecular weight is 383 g/mol. The Morgan fingerprint density at radius 1 is 1.42 bits per heavy atom. The van der Waals surface area contributed by atoms with Gasteiger partial charge in [0.2, 0.25) is 10.0 Å². The Morgan fingerprint density at radius 2 is 2.15 bits per heavy atom. The minimum atomic E-state index is -3.82. The molecule has 0 heterocycles. The van der Waals surface area contributed by atoms with E-state index in [0.717, 1.165) is 25.5 Å². The van der Waals surface area contributed by atoms with Crippen molar-refractivity contribution in [1.82, 2.24) is 14.9 Å². The van der Waals surface area contributed by atoms with Gasteiger partial charge in [-0.25, -0.2) is 13.1 Å². The van der Waals surface area contributed by atoms with Gasteiger partial charge in [-0.15, -0.1) is 6.58 Å². The van der Waals surface area contributed by atoms with Gasteiger partial charge < -0.3 is 10.2 Å². The zero-order valence-electron chi connectivity index (χ0n) is 15.0. The van der Waals surface area contributed by atoms with Crippen LogP contribution in [-0.2, 0) is 10.0 Å². The molecule has 0 aliphatic heterocycles. The van der Waals surface area contributed by atoms with E-state index in [1.54, 1.807) is 7.05 Å². The molecular formula is C16H25N5O4S. The maximum absolute atomic E-state index is 12.2. The Hall–Kier alpha value is -2.46. The second-order valence-corrected chi connectivity index (χ2v) is 7.25. The number of unbranched alkanes of at least 4 members (excludes halogenated alkanes) is 1. The summed E-state index contributed by atoms with van der Waals surface area (Å²) in [4.78, 5) is 16.1. The summed E-state index contributed by atoms with van der Waals surface area (Å²) in [5.41, 5.74) is -0.271. The zero-order valence-corrected chi connectivity index (χ0v) is 15.8. The van der Waals surface area contributed by atoms with Gasteiger partial charge in [-0.1, -0.05) is 12.1 Å². The number of benzene rings is 1. The van der Waals surface area contributed by atoms with Crippen LogP contribution in [0, 0.1) is 10.1 Å². The third-order valence-electron chi connectivity index (χ3n) is 3.51. The maximum Gasteiger partial charge on any atom is 0.270 e. The summed E-state index contributed by atoms with van der Waals surface area (Å²) >= 11 is 0. The van der Waals surface area contributed by atoms with Gasteiger partial charge in [0.05, 0.1) is 9.82 Å². The highest BCUT2D eigenvalue weighted by Crippen LogP contribution is 2.16. The first-order chi connectivity index (χ1) is 12.3. The van der Waals surface area contributed by atoms with Gasteiger partial charge >= 0.3 is 0 Å². The normalized spacial score (nSPS) is 11.8. The molecular weight excluding hydrogens is 358 g/mol. The molecule has 144 valence electrons. The van der Waals surface area contributed by atoms with Gasteiger partial charge in [-0.2, -0.15) is 0 Å². The molecule has 2 N–H and O–H groups in total. The fraction of sp³-hybridized carbons (Fsp3) is 0.438. The summed E-state index contributed by atoms with van der Waals surface area (Å²) in [7, 11) is -0.271. The summed E-state index contributed by atoms with van der Waals surface area (Å²) in [6, 6.07) is 4.93. The van der Waals surface area contributed by atoms with Crippen molar-refractivity contribution < 1.29 is 13.3 Å². The predicted molar refractivity (Wildman–Crippen MR) is 102 cm³/mol. The lowest BCUT2D eigenvalue weighted by molar-refractivity contribution is -0.385. The second-order valence-electron chi connectivity index (χ2n) is 5.48. The van der Waals surface area contributed by atoms with E-state index < -0.39 is 14.9 Å². The summed E-state index contributed by atoms with van der Waals surface area (Å²) in [5.74, 6) is 0.656. The van der Waals surface area contributed by atoms with E-state index in [1.165, 1.54) is 18.2 Å². The third kappa shape index (κ3) is 6.81. The average Bonchev–Trinajstić information content (AvgIpc) is 2.62. The lowest BCUT2D eigenvalue weighted by Crippen LogP contribution is -2.42. The molecule has 1 aromatic carbocycles. The van der Waals surface area contributed by atoms with Gasteiger partial charge in [-0.3, -0.25) is 15.1 Å². The first-order valence-corrected chi connectivity index (χ1v) is 9.57. The van der Waals surface area contributed by atoms with E-state index >= 15 is 0 Å². The first-order valence-electron chi connectivity index (χ1n) is 8.08. The van der Waals surface area contributed by atoms with Crippen molar-refractivity contribution in [2.24, 2.45) is 4.99 Å². The quantitative estimate of drug-likeness (QED) is 0.157. The van der Waals surface area contributed by atoms with E-state index in [2.05, 4.69) is 21.6 Å². The minimum Gasteiger partial charge on any atom is -0.355 e. The van der Waals surface area contributed by atoms with E-state index in [9.17, 15) is 18.5 Å². The van der Waals surface area contributed by atoms with Crippen LogP contribution in [0.5, 0.6) is 0 Å². The molecule has 0 radical (unpaired) electrons. The molecule has 26 heavy (non-hydrogen) atoms. The number of nitrogens with one attached hydrogen (secondary N) is 2. The number of nitro groups is 1. The Morgan fingerprint density at radius 3 is 2.77 bits per heavy atom. The molecule has 1 aromatic rings. The molecule has 0 unspecified atom stereocenters. The van der Waals surface area contributed by atoms with E-state index in [4.69, 9.17) is 0 Å². The van der Waals surface area contributed by atoms with Crippen LogP contribution in [0.3, 0.4) is 0 Å². The number of guanidine groups is 1. The highest BCUT2D eigenvalue weighted by molar-refractivity contribution is 7.89. The fourth-order valence-corrected chi connectivity index (χ4v) is 3.24. The number of sulfonamides is 1. The lowest BCUT2D eigenvalue weighted by Gasteiger charge is -2.21. The van der Waals surface area contributed by atoms with Crippen molar-refractivity contribution in [2.75, 3.05) is 33.7 Å². The number of hydrogen-bond donors (Lipinski definition) is 2. The van der Waals surface area contributed by atoms with Crippen LogP contribution in [-0.4, -0.2) is 57.9 Å². The van der Waals surface area contributed by atoms with Crippen LogP contribution < -0.4 is 10.0 Å². The monoisotopic (exact) mass is 383 g/mol. The highest BCUT2D eigenvalue weighted by atomic mass is 32.2. The molecule has 0 amide bonds. The minimum absolute atomic E-state index is 0.116. The number of hydrogen-bond acceptors (Lipinski definition) is 5. The van der Waals surface area contributed by atoms with Crippen molar-refractivity contribution in [3.05, 3.63) is 47.0 Å². The molecule has 0 aromatic heterocycles. The molecule has 1 rings (SSSR count). The van der Waals surface area contributed by atoms with E-state index in [1.807, 2.05) is 18.0 Å². The molecule has 0 atom stereocenters. The molecule has 0 aliphatic carbocycles. The molecule has 9 nitrogen and oxygen atoms in total. The standard InChI is InChI=1S/C16H25N5O4S/c1-4-5-6-12-20(3)16(17-2)18-10-11-19-26(24,25)15-9-7-8-14(13-15)21(22)23/h4,7-9,13,19H,1,5-6,10-12H2,2-3H3,(H,17,18). The molecule has 0 saturated heterocycles. The van der Waals surface area contributed by atoms with Crippen molar-refractivity contribution in [3.8, 4) is 0 Å². The van der Waals surface area contributed by atoms with Gasteiger partial charge in [-0.05, 0) is 18.9 Å². The number of nitro benzene ring substituents is 1.